The third-order valence-electron chi connectivity index (χ3n) is 8.75. The summed E-state index contributed by atoms with van der Waals surface area (Å²) < 4.78 is 11.2. The molecule has 7 rings (SSSR count). The number of nitrogens with zero attached hydrogens (tertiary/aromatic N) is 3. The zero-order chi connectivity index (χ0) is 30.5. The van der Waals surface area contributed by atoms with Crippen LogP contribution in [0.2, 0.25) is 0 Å². The Morgan fingerprint density at radius 1 is 0.682 bits per heavy atom. The minimum absolute atomic E-state index is 0.316. The van der Waals surface area contributed by atoms with Crippen molar-refractivity contribution in [1.29, 1.82) is 0 Å². The molecule has 44 heavy (non-hydrogen) atoms. The van der Waals surface area contributed by atoms with E-state index in [4.69, 9.17) is 9.40 Å². The number of aryl methyl sites for hydroxylation is 2. The number of imidazole rings is 1. The summed E-state index contributed by atoms with van der Waals surface area (Å²) in [6, 6.07) is 38.7. The first-order valence-corrected chi connectivity index (χ1v) is 15.5. The van der Waals surface area contributed by atoms with Gasteiger partial charge in [-0.3, -0.25) is 0 Å². The molecule has 0 amide bonds. The van der Waals surface area contributed by atoms with Crippen molar-refractivity contribution in [3.05, 3.63) is 126 Å². The van der Waals surface area contributed by atoms with Gasteiger partial charge in [0.15, 0.2) is 16.6 Å². The molecule has 0 bridgehead atoms. The van der Waals surface area contributed by atoms with E-state index in [1.165, 1.54) is 39.0 Å². The molecule has 0 radical (unpaired) electrons. The van der Waals surface area contributed by atoms with Crippen LogP contribution in [0.15, 0.2) is 114 Å². The van der Waals surface area contributed by atoms with Crippen LogP contribution >= 0.6 is 0 Å². The van der Waals surface area contributed by atoms with Gasteiger partial charge in [0.05, 0.1) is 12.6 Å². The molecule has 2 heterocycles. The Bertz CT molecular complexity index is 2100. The second-order valence-electron chi connectivity index (χ2n) is 12.4. The largest absolute Gasteiger partial charge is 0.436 e. The van der Waals surface area contributed by atoms with Gasteiger partial charge in [-0.1, -0.05) is 88.4 Å². The van der Waals surface area contributed by atoms with Crippen LogP contribution in [0.4, 0.5) is 0 Å². The second kappa shape index (κ2) is 10.9. The van der Waals surface area contributed by atoms with Crippen molar-refractivity contribution in [3.63, 3.8) is 0 Å². The molecule has 0 saturated heterocycles. The van der Waals surface area contributed by atoms with Gasteiger partial charge < -0.3 is 4.42 Å². The van der Waals surface area contributed by atoms with Crippen molar-refractivity contribution < 1.29 is 8.98 Å². The minimum Gasteiger partial charge on any atom is -0.436 e. The lowest BCUT2D eigenvalue weighted by molar-refractivity contribution is -0.633. The van der Waals surface area contributed by atoms with E-state index in [-0.39, 0.29) is 0 Å². The fraction of sp³-hybridized carbons (Fsp3) is 0.200. The van der Waals surface area contributed by atoms with E-state index in [0.29, 0.717) is 17.7 Å². The second-order valence-corrected chi connectivity index (χ2v) is 12.4. The van der Waals surface area contributed by atoms with Gasteiger partial charge in [-0.2, -0.15) is 4.57 Å². The standard InChI is InChI=1S/C40H38N3O/c1-25(2)31-22-30(28-15-9-7-10-16-28)23-32(26(3)4)38(31)43-36-20-14-13-19-35(36)42(6)40(43)33-24-37-34(21-27(33)5)41-39(44-37)29-17-11-8-12-18-29/h7-26H,1-6H3/q+1. The summed E-state index contributed by atoms with van der Waals surface area (Å²) in [5, 5.41) is 0. The molecule has 0 aliphatic heterocycles. The van der Waals surface area contributed by atoms with Crippen LogP contribution in [0.1, 0.15) is 56.2 Å². The van der Waals surface area contributed by atoms with E-state index in [1.54, 1.807) is 0 Å². The van der Waals surface area contributed by atoms with Gasteiger partial charge >= 0.3 is 0 Å². The summed E-state index contributed by atoms with van der Waals surface area (Å²) in [7, 11) is 2.18. The van der Waals surface area contributed by atoms with Gasteiger partial charge in [0.2, 0.25) is 5.89 Å². The summed E-state index contributed by atoms with van der Waals surface area (Å²) in [5.74, 6) is 2.40. The molecule has 218 valence electrons. The fourth-order valence-corrected chi connectivity index (χ4v) is 6.48. The Kier molecular flexibility index (Phi) is 6.93. The van der Waals surface area contributed by atoms with Gasteiger partial charge in [-0.05, 0) is 84.0 Å². The lowest BCUT2D eigenvalue weighted by atomic mass is 9.88. The van der Waals surface area contributed by atoms with Crippen molar-refractivity contribution in [2.45, 2.75) is 46.5 Å². The molecular formula is C40H38N3O+. The molecule has 5 aromatic carbocycles. The third kappa shape index (κ3) is 4.62. The summed E-state index contributed by atoms with van der Waals surface area (Å²) >= 11 is 0. The molecule has 0 spiro atoms. The SMILES string of the molecule is Cc1cc2nc(-c3ccccc3)oc2cc1-c1n(-c2c(C(C)C)cc(-c3ccccc3)cc2C(C)C)c2ccccc2[n+]1C. The summed E-state index contributed by atoms with van der Waals surface area (Å²) in [6.07, 6.45) is 0. The average Bonchev–Trinajstić information content (AvgIpc) is 3.58. The first kappa shape index (κ1) is 27.8. The topological polar surface area (TPSA) is 34.8 Å². The van der Waals surface area contributed by atoms with E-state index < -0.39 is 0 Å². The number of fused-ring (bicyclic) bond motifs is 2. The first-order valence-electron chi connectivity index (χ1n) is 15.5. The van der Waals surface area contributed by atoms with Crippen molar-refractivity contribution in [2.75, 3.05) is 0 Å². The van der Waals surface area contributed by atoms with Gasteiger partial charge in [0.1, 0.15) is 11.2 Å². The van der Waals surface area contributed by atoms with Crippen LogP contribution < -0.4 is 4.57 Å². The van der Waals surface area contributed by atoms with Crippen molar-refractivity contribution in [3.8, 4) is 39.7 Å². The maximum atomic E-state index is 6.39. The van der Waals surface area contributed by atoms with Crippen LogP contribution in [0.3, 0.4) is 0 Å². The van der Waals surface area contributed by atoms with Gasteiger partial charge in [0.25, 0.3) is 5.82 Å². The molecule has 0 atom stereocenters. The maximum absolute atomic E-state index is 6.39. The van der Waals surface area contributed by atoms with Crippen molar-refractivity contribution in [1.82, 2.24) is 9.55 Å². The van der Waals surface area contributed by atoms with Crippen LogP contribution in [0.5, 0.6) is 0 Å². The number of hydrogen-bond acceptors (Lipinski definition) is 2. The number of rotatable bonds is 6. The molecule has 4 heteroatoms. The van der Waals surface area contributed by atoms with Crippen LogP contribution in [-0.4, -0.2) is 9.55 Å². The highest BCUT2D eigenvalue weighted by Crippen LogP contribution is 2.40. The average molecular weight is 577 g/mol. The van der Waals surface area contributed by atoms with Crippen molar-refractivity contribution in [2.24, 2.45) is 7.05 Å². The molecule has 7 aromatic rings. The van der Waals surface area contributed by atoms with Crippen LogP contribution in [0, 0.1) is 6.92 Å². The normalized spacial score (nSPS) is 11.8. The zero-order valence-corrected chi connectivity index (χ0v) is 26.3. The Labute approximate surface area is 259 Å². The smallest absolute Gasteiger partial charge is 0.295 e. The molecule has 0 aliphatic rings. The first-order chi connectivity index (χ1) is 21.3. The summed E-state index contributed by atoms with van der Waals surface area (Å²) in [4.78, 5) is 4.86. The van der Waals surface area contributed by atoms with E-state index >= 15 is 0 Å². The quantitative estimate of drug-likeness (QED) is 0.185. The molecule has 0 unspecified atom stereocenters. The lowest BCUT2D eigenvalue weighted by Gasteiger charge is -2.21. The molecule has 2 aromatic heterocycles. The molecular weight excluding hydrogens is 538 g/mol. The highest BCUT2D eigenvalue weighted by atomic mass is 16.3. The summed E-state index contributed by atoms with van der Waals surface area (Å²) in [6.45, 7) is 11.4. The number of oxazole rings is 1. The third-order valence-corrected chi connectivity index (χ3v) is 8.75. The molecule has 0 saturated carbocycles. The number of hydrogen-bond donors (Lipinski definition) is 0. The van der Waals surface area contributed by atoms with Crippen LogP contribution in [-0.2, 0) is 7.05 Å². The van der Waals surface area contributed by atoms with E-state index in [9.17, 15) is 0 Å². The van der Waals surface area contributed by atoms with Crippen molar-refractivity contribution >= 4 is 22.1 Å². The predicted octanol–water partition coefficient (Wildman–Crippen LogP) is 10.2. The van der Waals surface area contributed by atoms with Gasteiger partial charge in [-0.15, -0.1) is 0 Å². The Morgan fingerprint density at radius 2 is 1.27 bits per heavy atom. The van der Waals surface area contributed by atoms with Gasteiger partial charge in [-0.25, -0.2) is 9.55 Å². The maximum Gasteiger partial charge on any atom is 0.295 e. The number of benzene rings is 5. The minimum atomic E-state index is 0.316. The lowest BCUT2D eigenvalue weighted by Crippen LogP contribution is -2.30. The predicted molar refractivity (Wildman–Crippen MR) is 181 cm³/mol. The molecule has 0 fully saturated rings. The molecule has 0 N–H and O–H groups in total. The molecule has 0 aliphatic carbocycles. The fourth-order valence-electron chi connectivity index (χ4n) is 6.48. The number of para-hydroxylation sites is 2. The number of aromatic nitrogens is 3. The highest BCUT2D eigenvalue weighted by molar-refractivity contribution is 5.86. The monoisotopic (exact) mass is 576 g/mol. The molecule has 4 nitrogen and oxygen atoms in total. The van der Waals surface area contributed by atoms with Crippen LogP contribution in [0.25, 0.3) is 61.8 Å². The Hall–Kier alpha value is -4.96. The van der Waals surface area contributed by atoms with Gasteiger partial charge in [0, 0.05) is 16.7 Å². The highest BCUT2D eigenvalue weighted by Gasteiger charge is 2.32. The zero-order valence-electron chi connectivity index (χ0n) is 26.3. The Balaban J connectivity index is 1.54. The Morgan fingerprint density at radius 3 is 1.91 bits per heavy atom. The van der Waals surface area contributed by atoms with E-state index in [0.717, 1.165) is 33.6 Å². The van der Waals surface area contributed by atoms with E-state index in [2.05, 4.69) is 130 Å². The summed E-state index contributed by atoms with van der Waals surface area (Å²) in [5.41, 5.74) is 13.7. The van der Waals surface area contributed by atoms with E-state index in [1.807, 2.05) is 30.3 Å².